The van der Waals surface area contributed by atoms with Crippen molar-refractivity contribution < 1.29 is 14.0 Å². The number of aryl methyl sites for hydroxylation is 1. The zero-order valence-electron chi connectivity index (χ0n) is 16.9. The molecule has 1 aromatic carbocycles. The van der Waals surface area contributed by atoms with E-state index < -0.39 is 5.82 Å². The number of H-pyrrole nitrogens is 1. The van der Waals surface area contributed by atoms with Crippen molar-refractivity contribution in [3.05, 3.63) is 53.7 Å². The summed E-state index contributed by atoms with van der Waals surface area (Å²) in [6.07, 6.45) is 6.23. The molecule has 9 heteroatoms. The van der Waals surface area contributed by atoms with Crippen LogP contribution in [0.3, 0.4) is 0 Å². The largest absolute Gasteiger partial charge is 0.348 e. The molecule has 30 heavy (non-hydrogen) atoms. The third kappa shape index (κ3) is 3.83. The van der Waals surface area contributed by atoms with Gasteiger partial charge in [-0.25, -0.2) is 4.39 Å². The Balaban J connectivity index is 1.53. The highest BCUT2D eigenvalue weighted by atomic mass is 19.1. The van der Waals surface area contributed by atoms with Crippen LogP contribution in [0.25, 0.3) is 16.5 Å². The molecular formula is C21H23FN6O2. The summed E-state index contributed by atoms with van der Waals surface area (Å²) in [6, 6.07) is 5.16. The van der Waals surface area contributed by atoms with E-state index >= 15 is 4.39 Å². The molecule has 0 unspecified atom stereocenters. The Kier molecular flexibility index (Phi) is 5.35. The van der Waals surface area contributed by atoms with Crippen LogP contribution in [0.1, 0.15) is 28.9 Å². The number of nitrogens with one attached hydrogen (secondary N) is 1. The minimum Gasteiger partial charge on any atom is -0.348 e. The van der Waals surface area contributed by atoms with Gasteiger partial charge in [0.15, 0.2) is 5.82 Å². The van der Waals surface area contributed by atoms with E-state index in [2.05, 4.69) is 15.3 Å². The van der Waals surface area contributed by atoms with E-state index in [0.717, 1.165) is 5.57 Å². The predicted octanol–water partition coefficient (Wildman–Crippen LogP) is 2.31. The minimum absolute atomic E-state index is 0.00340. The number of hydrogen-bond acceptors (Lipinski definition) is 4. The maximum absolute atomic E-state index is 15.3. The monoisotopic (exact) mass is 410 g/mol. The number of nitrogens with zero attached hydrogens (tertiary/aromatic N) is 5. The van der Waals surface area contributed by atoms with Crippen molar-refractivity contribution in [3.8, 4) is 0 Å². The van der Waals surface area contributed by atoms with Crippen LogP contribution in [-0.4, -0.2) is 68.8 Å². The summed E-state index contributed by atoms with van der Waals surface area (Å²) in [5, 5.41) is 8.24. The number of aromatic amines is 1. The van der Waals surface area contributed by atoms with E-state index in [1.165, 1.54) is 4.90 Å². The number of carbonyl (C=O) groups excluding carboxylic acids is 2. The van der Waals surface area contributed by atoms with Crippen LogP contribution in [0.2, 0.25) is 0 Å². The molecule has 0 atom stereocenters. The molecule has 4 rings (SSSR count). The third-order valence-corrected chi connectivity index (χ3v) is 5.25. The molecule has 3 heterocycles. The number of benzene rings is 1. The minimum atomic E-state index is -0.409. The fraction of sp³-hybridized carbons (Fsp3) is 0.333. The molecule has 156 valence electrons. The van der Waals surface area contributed by atoms with E-state index in [0.29, 0.717) is 54.6 Å². The molecule has 8 nitrogen and oxygen atoms in total. The molecule has 2 aromatic heterocycles. The van der Waals surface area contributed by atoms with Crippen molar-refractivity contribution in [2.75, 3.05) is 27.2 Å². The van der Waals surface area contributed by atoms with Gasteiger partial charge in [-0.15, -0.1) is 5.10 Å². The lowest BCUT2D eigenvalue weighted by Gasteiger charge is -2.28. The fourth-order valence-corrected chi connectivity index (χ4v) is 3.64. The molecule has 0 spiro atoms. The number of hydrogen-bond donors (Lipinski definition) is 1. The van der Waals surface area contributed by atoms with Crippen molar-refractivity contribution in [2.24, 2.45) is 0 Å². The molecule has 0 saturated carbocycles. The number of amides is 2. The quantitative estimate of drug-likeness (QED) is 0.699. The Bertz CT molecular complexity index is 1120. The topological polar surface area (TPSA) is 87.1 Å². The first-order valence-corrected chi connectivity index (χ1v) is 9.78. The van der Waals surface area contributed by atoms with E-state index in [4.69, 9.17) is 0 Å². The highest BCUT2D eigenvalue weighted by Crippen LogP contribution is 2.29. The molecule has 1 aliphatic rings. The van der Waals surface area contributed by atoms with E-state index in [1.807, 2.05) is 6.08 Å². The Morgan fingerprint density at radius 1 is 1.30 bits per heavy atom. The van der Waals surface area contributed by atoms with E-state index in [-0.39, 0.29) is 11.8 Å². The van der Waals surface area contributed by atoms with Gasteiger partial charge in [0.05, 0.1) is 18.3 Å². The van der Waals surface area contributed by atoms with Crippen LogP contribution in [-0.2, 0) is 11.3 Å². The highest BCUT2D eigenvalue weighted by molar-refractivity contribution is 5.98. The summed E-state index contributed by atoms with van der Waals surface area (Å²) in [5.41, 5.74) is 1.86. The summed E-state index contributed by atoms with van der Waals surface area (Å²) in [6.45, 7) is 1.41. The fourth-order valence-electron chi connectivity index (χ4n) is 3.64. The van der Waals surface area contributed by atoms with Crippen molar-refractivity contribution in [3.63, 3.8) is 0 Å². The molecule has 1 aliphatic heterocycles. The maximum atomic E-state index is 15.3. The Morgan fingerprint density at radius 3 is 2.87 bits per heavy atom. The molecule has 0 bridgehead atoms. The predicted molar refractivity (Wildman–Crippen MR) is 110 cm³/mol. The zero-order valence-corrected chi connectivity index (χ0v) is 16.9. The van der Waals surface area contributed by atoms with Crippen LogP contribution in [0.15, 0.2) is 36.7 Å². The number of aromatic nitrogens is 4. The van der Waals surface area contributed by atoms with Crippen molar-refractivity contribution in [1.29, 1.82) is 0 Å². The summed E-state index contributed by atoms with van der Waals surface area (Å²) in [4.78, 5) is 30.9. The van der Waals surface area contributed by atoms with Gasteiger partial charge in [-0.2, -0.15) is 0 Å². The van der Waals surface area contributed by atoms with Gasteiger partial charge in [-0.05, 0) is 18.1 Å². The average Bonchev–Trinajstić information content (AvgIpc) is 3.42. The molecule has 2 amide bonds. The molecule has 1 N–H and O–H groups in total. The Morgan fingerprint density at radius 2 is 2.13 bits per heavy atom. The summed E-state index contributed by atoms with van der Waals surface area (Å²) < 4.78 is 16.9. The van der Waals surface area contributed by atoms with Gasteiger partial charge in [-0.3, -0.25) is 14.3 Å². The van der Waals surface area contributed by atoms with Crippen LogP contribution < -0.4 is 0 Å². The lowest BCUT2D eigenvalue weighted by Crippen LogP contribution is -2.36. The van der Waals surface area contributed by atoms with Crippen molar-refractivity contribution >= 4 is 28.3 Å². The SMILES string of the molecule is CN(C)C(=O)c1cc2ccc(C3=CCCN(C(=O)CCn4ccnn4)C3)c(F)c2[nH]1. The van der Waals surface area contributed by atoms with Gasteiger partial charge in [0.1, 0.15) is 5.69 Å². The van der Waals surface area contributed by atoms with Crippen LogP contribution in [0, 0.1) is 5.82 Å². The van der Waals surface area contributed by atoms with Gasteiger partial charge >= 0.3 is 0 Å². The summed E-state index contributed by atoms with van der Waals surface area (Å²) >= 11 is 0. The molecular weight excluding hydrogens is 387 g/mol. The van der Waals surface area contributed by atoms with E-state index in [9.17, 15) is 9.59 Å². The van der Waals surface area contributed by atoms with Crippen LogP contribution in [0.5, 0.6) is 0 Å². The van der Waals surface area contributed by atoms with E-state index in [1.54, 1.807) is 54.3 Å². The smallest absolute Gasteiger partial charge is 0.269 e. The number of fused-ring (bicyclic) bond motifs is 1. The molecule has 0 aliphatic carbocycles. The maximum Gasteiger partial charge on any atom is 0.269 e. The normalized spacial score (nSPS) is 14.1. The van der Waals surface area contributed by atoms with Gasteiger partial charge in [-0.1, -0.05) is 23.4 Å². The number of rotatable bonds is 5. The zero-order chi connectivity index (χ0) is 21.3. The number of halogens is 1. The Hall–Kier alpha value is -3.49. The van der Waals surface area contributed by atoms with Gasteiger partial charge in [0.2, 0.25) is 5.91 Å². The lowest BCUT2D eigenvalue weighted by atomic mass is 9.99. The van der Waals surface area contributed by atoms with Gasteiger partial charge in [0, 0.05) is 50.8 Å². The summed E-state index contributed by atoms with van der Waals surface area (Å²) in [7, 11) is 3.30. The second kappa shape index (κ2) is 8.10. The molecule has 0 saturated heterocycles. The van der Waals surface area contributed by atoms with Crippen molar-refractivity contribution in [2.45, 2.75) is 19.4 Å². The van der Waals surface area contributed by atoms with Gasteiger partial charge < -0.3 is 14.8 Å². The van der Waals surface area contributed by atoms with Crippen LogP contribution in [0.4, 0.5) is 4.39 Å². The first-order chi connectivity index (χ1) is 14.4. The number of carbonyl (C=O) groups is 2. The van der Waals surface area contributed by atoms with Crippen molar-refractivity contribution in [1.82, 2.24) is 29.8 Å². The lowest BCUT2D eigenvalue weighted by molar-refractivity contribution is -0.131. The second-order valence-corrected chi connectivity index (χ2v) is 7.52. The first kappa shape index (κ1) is 19.8. The second-order valence-electron chi connectivity index (χ2n) is 7.52. The third-order valence-electron chi connectivity index (χ3n) is 5.25. The molecule has 3 aromatic rings. The standard InChI is InChI=1S/C21H23FN6O2/c1-26(2)21(30)17-12-14-5-6-16(19(22)20(14)24-17)15-4-3-9-27(13-15)18(29)7-10-28-11-8-23-25-28/h4-6,8,11-12,24H,3,7,9-10,13H2,1-2H3. The Labute approximate surface area is 173 Å². The molecule has 0 radical (unpaired) electrons. The highest BCUT2D eigenvalue weighted by Gasteiger charge is 2.22. The average molecular weight is 410 g/mol. The van der Waals surface area contributed by atoms with Gasteiger partial charge in [0.25, 0.3) is 5.91 Å². The summed E-state index contributed by atoms with van der Waals surface area (Å²) in [5.74, 6) is -0.627. The first-order valence-electron chi connectivity index (χ1n) is 9.78. The molecule has 0 fully saturated rings. The van der Waals surface area contributed by atoms with Crippen LogP contribution >= 0.6 is 0 Å².